The normalized spacial score (nSPS) is 16.1. The van der Waals surface area contributed by atoms with Gasteiger partial charge in [-0.05, 0) is 24.5 Å². The second-order valence-electron chi connectivity index (χ2n) is 5.08. The van der Waals surface area contributed by atoms with Gasteiger partial charge in [0.15, 0.2) is 0 Å². The summed E-state index contributed by atoms with van der Waals surface area (Å²) in [5, 5.41) is 3.45. The minimum Gasteiger partial charge on any atom is -0.364 e. The van der Waals surface area contributed by atoms with Gasteiger partial charge in [0, 0.05) is 38.8 Å². The third kappa shape index (κ3) is 3.77. The zero-order valence-corrected chi connectivity index (χ0v) is 11.6. The maximum atomic E-state index is 11.2. The molecule has 6 nitrogen and oxygen atoms in total. The third-order valence-electron chi connectivity index (χ3n) is 3.61. The zero-order chi connectivity index (χ0) is 14.5. The third-order valence-corrected chi connectivity index (χ3v) is 3.61. The summed E-state index contributed by atoms with van der Waals surface area (Å²) in [5.41, 5.74) is 6.44. The Morgan fingerprint density at radius 2 is 2.10 bits per heavy atom. The average Bonchev–Trinajstić information content (AvgIpc) is 2.46. The van der Waals surface area contributed by atoms with Gasteiger partial charge in [-0.2, -0.15) is 0 Å². The highest BCUT2D eigenvalue weighted by molar-refractivity contribution is 5.90. The lowest BCUT2D eigenvalue weighted by atomic mass is 10.0. The number of nitrogens with zero attached hydrogens (tertiary/aromatic N) is 2. The van der Waals surface area contributed by atoms with E-state index in [1.165, 1.54) is 0 Å². The van der Waals surface area contributed by atoms with Crippen molar-refractivity contribution in [3.8, 4) is 0 Å². The summed E-state index contributed by atoms with van der Waals surface area (Å²) in [4.78, 5) is 28.0. The van der Waals surface area contributed by atoms with E-state index < -0.39 is 5.91 Å². The summed E-state index contributed by atoms with van der Waals surface area (Å²) in [5.74, 6) is -0.365. The van der Waals surface area contributed by atoms with Crippen LogP contribution >= 0.6 is 0 Å². The Hall–Kier alpha value is -1.95. The maximum absolute atomic E-state index is 11.2. The fraction of sp³-hybridized carbons (Fsp3) is 0.500. The predicted molar refractivity (Wildman–Crippen MR) is 74.9 cm³/mol. The van der Waals surface area contributed by atoms with E-state index in [2.05, 4.69) is 10.3 Å². The fourth-order valence-electron chi connectivity index (χ4n) is 2.34. The quantitative estimate of drug-likeness (QED) is 0.827. The molecule has 1 fully saturated rings. The highest BCUT2D eigenvalue weighted by atomic mass is 16.2. The standard InChI is InChI=1S/C14H20N4O2/c1-10(19)18-6-4-12(5-7-18)16-8-11-2-3-13(14(15)20)17-9-11/h2-3,9,12,16H,4-8H2,1H3,(H2,15,20). The van der Waals surface area contributed by atoms with E-state index >= 15 is 0 Å². The lowest BCUT2D eigenvalue weighted by Crippen LogP contribution is -2.43. The first-order valence-corrected chi connectivity index (χ1v) is 6.80. The van der Waals surface area contributed by atoms with Gasteiger partial charge in [0.2, 0.25) is 5.91 Å². The van der Waals surface area contributed by atoms with Gasteiger partial charge in [-0.3, -0.25) is 14.6 Å². The van der Waals surface area contributed by atoms with Gasteiger partial charge in [-0.25, -0.2) is 0 Å². The van der Waals surface area contributed by atoms with E-state index in [0.29, 0.717) is 12.6 Å². The van der Waals surface area contributed by atoms with Crippen molar-refractivity contribution in [2.45, 2.75) is 32.4 Å². The summed E-state index contributed by atoms with van der Waals surface area (Å²) < 4.78 is 0. The first-order chi connectivity index (χ1) is 9.56. The molecule has 0 aliphatic carbocycles. The number of primary amides is 1. The van der Waals surface area contributed by atoms with Crippen LogP contribution in [0.1, 0.15) is 35.8 Å². The number of hydrogen-bond acceptors (Lipinski definition) is 4. The Labute approximate surface area is 118 Å². The molecule has 0 atom stereocenters. The van der Waals surface area contributed by atoms with Gasteiger partial charge in [-0.15, -0.1) is 0 Å². The number of pyridine rings is 1. The number of amides is 2. The minimum absolute atomic E-state index is 0.148. The molecule has 0 bridgehead atoms. The Morgan fingerprint density at radius 1 is 1.40 bits per heavy atom. The monoisotopic (exact) mass is 276 g/mol. The first kappa shape index (κ1) is 14.5. The van der Waals surface area contributed by atoms with Crippen LogP contribution in [0.25, 0.3) is 0 Å². The summed E-state index contributed by atoms with van der Waals surface area (Å²) in [7, 11) is 0. The van der Waals surface area contributed by atoms with Crippen molar-refractivity contribution in [2.75, 3.05) is 13.1 Å². The van der Waals surface area contributed by atoms with E-state index in [4.69, 9.17) is 5.73 Å². The molecule has 1 aliphatic rings. The Morgan fingerprint density at radius 3 is 2.60 bits per heavy atom. The predicted octanol–water partition coefficient (Wildman–Crippen LogP) is 0.281. The van der Waals surface area contributed by atoms with Crippen molar-refractivity contribution in [3.05, 3.63) is 29.6 Å². The molecule has 1 aliphatic heterocycles. The van der Waals surface area contributed by atoms with Gasteiger partial charge in [0.05, 0.1) is 0 Å². The van der Waals surface area contributed by atoms with Gasteiger partial charge >= 0.3 is 0 Å². The molecule has 6 heteroatoms. The van der Waals surface area contributed by atoms with E-state index in [-0.39, 0.29) is 11.6 Å². The molecule has 20 heavy (non-hydrogen) atoms. The largest absolute Gasteiger partial charge is 0.364 e. The second-order valence-corrected chi connectivity index (χ2v) is 5.08. The van der Waals surface area contributed by atoms with E-state index in [1.807, 2.05) is 11.0 Å². The maximum Gasteiger partial charge on any atom is 0.267 e. The Bertz CT molecular complexity index is 478. The number of piperidine rings is 1. The average molecular weight is 276 g/mol. The summed E-state index contributed by atoms with van der Waals surface area (Å²) in [6.45, 7) is 3.94. The van der Waals surface area contributed by atoms with E-state index in [9.17, 15) is 9.59 Å². The summed E-state index contributed by atoms with van der Waals surface area (Å²) in [6.07, 6.45) is 3.59. The molecule has 3 N–H and O–H groups in total. The summed E-state index contributed by atoms with van der Waals surface area (Å²) in [6, 6.07) is 3.91. The smallest absolute Gasteiger partial charge is 0.267 e. The molecule has 2 rings (SSSR count). The van der Waals surface area contributed by atoms with Gasteiger partial charge in [0.1, 0.15) is 5.69 Å². The molecule has 1 aromatic rings. The first-order valence-electron chi connectivity index (χ1n) is 6.80. The van der Waals surface area contributed by atoms with Crippen molar-refractivity contribution in [1.82, 2.24) is 15.2 Å². The molecule has 0 unspecified atom stereocenters. The molecule has 0 aromatic carbocycles. The van der Waals surface area contributed by atoms with Crippen LogP contribution in [0.4, 0.5) is 0 Å². The van der Waals surface area contributed by atoms with Gasteiger partial charge < -0.3 is 16.0 Å². The number of likely N-dealkylation sites (tertiary alicyclic amines) is 1. The number of nitrogens with one attached hydrogen (secondary N) is 1. The van der Waals surface area contributed by atoms with Crippen molar-refractivity contribution >= 4 is 11.8 Å². The molecule has 1 saturated heterocycles. The van der Waals surface area contributed by atoms with Crippen molar-refractivity contribution in [3.63, 3.8) is 0 Å². The highest BCUT2D eigenvalue weighted by Crippen LogP contribution is 2.11. The van der Waals surface area contributed by atoms with Crippen LogP contribution in [-0.4, -0.2) is 40.8 Å². The number of carbonyl (C=O) groups excluding carboxylic acids is 2. The molecule has 0 saturated carbocycles. The number of nitrogens with two attached hydrogens (primary N) is 1. The fourth-order valence-corrected chi connectivity index (χ4v) is 2.34. The van der Waals surface area contributed by atoms with E-state index in [0.717, 1.165) is 31.5 Å². The lowest BCUT2D eigenvalue weighted by molar-refractivity contribution is -0.129. The zero-order valence-electron chi connectivity index (χ0n) is 11.6. The van der Waals surface area contributed by atoms with Crippen LogP contribution in [0.15, 0.2) is 18.3 Å². The van der Waals surface area contributed by atoms with Crippen molar-refractivity contribution in [2.24, 2.45) is 5.73 Å². The molecule has 0 spiro atoms. The Kier molecular flexibility index (Phi) is 4.68. The molecule has 0 radical (unpaired) electrons. The topological polar surface area (TPSA) is 88.3 Å². The summed E-state index contributed by atoms with van der Waals surface area (Å²) >= 11 is 0. The highest BCUT2D eigenvalue weighted by Gasteiger charge is 2.19. The van der Waals surface area contributed by atoms with Crippen LogP contribution < -0.4 is 11.1 Å². The molecule has 2 heterocycles. The van der Waals surface area contributed by atoms with Crippen molar-refractivity contribution < 1.29 is 9.59 Å². The molecular weight excluding hydrogens is 256 g/mol. The van der Waals surface area contributed by atoms with Crippen molar-refractivity contribution in [1.29, 1.82) is 0 Å². The number of hydrogen-bond donors (Lipinski definition) is 2. The second kappa shape index (κ2) is 6.47. The van der Waals surface area contributed by atoms with Crippen LogP contribution in [0, 0.1) is 0 Å². The number of aromatic nitrogens is 1. The van der Waals surface area contributed by atoms with Crippen LogP contribution in [0.5, 0.6) is 0 Å². The van der Waals surface area contributed by atoms with Gasteiger partial charge in [0.25, 0.3) is 5.91 Å². The SMILES string of the molecule is CC(=O)N1CCC(NCc2ccc(C(N)=O)nc2)CC1. The van der Waals surface area contributed by atoms with Crippen LogP contribution in [-0.2, 0) is 11.3 Å². The number of carbonyl (C=O) groups is 2. The van der Waals surface area contributed by atoms with E-state index in [1.54, 1.807) is 19.2 Å². The van der Waals surface area contributed by atoms with Gasteiger partial charge in [-0.1, -0.05) is 6.07 Å². The molecule has 1 aromatic heterocycles. The number of rotatable bonds is 4. The Balaban J connectivity index is 1.78. The minimum atomic E-state index is -0.513. The lowest BCUT2D eigenvalue weighted by Gasteiger charge is -2.31. The van der Waals surface area contributed by atoms with Crippen LogP contribution in [0.2, 0.25) is 0 Å². The molecule has 2 amide bonds. The molecule has 108 valence electrons. The molecular formula is C14H20N4O2. The van der Waals surface area contributed by atoms with Crippen LogP contribution in [0.3, 0.4) is 0 Å².